The van der Waals surface area contributed by atoms with Crippen molar-refractivity contribution in [1.82, 2.24) is 20.9 Å². The highest BCUT2D eigenvalue weighted by Gasteiger charge is 2.54. The van der Waals surface area contributed by atoms with Gasteiger partial charge in [0.05, 0.1) is 0 Å². The number of carbonyl (C=O) groups is 5. The van der Waals surface area contributed by atoms with E-state index in [-0.39, 0.29) is 17.9 Å². The van der Waals surface area contributed by atoms with Crippen LogP contribution in [-0.4, -0.2) is 65.0 Å². The van der Waals surface area contributed by atoms with Crippen molar-refractivity contribution in [2.24, 2.45) is 11.3 Å². The minimum absolute atomic E-state index is 0.0586. The van der Waals surface area contributed by atoms with E-state index in [0.717, 1.165) is 25.7 Å². The van der Waals surface area contributed by atoms with Crippen LogP contribution in [0, 0.1) is 11.3 Å². The molecule has 4 amide bonds. The Bertz CT molecular complexity index is 795. The highest BCUT2D eigenvalue weighted by atomic mass is 16.2. The van der Waals surface area contributed by atoms with Gasteiger partial charge in [0.15, 0.2) is 0 Å². The quantitative estimate of drug-likeness (QED) is 0.331. The van der Waals surface area contributed by atoms with Gasteiger partial charge in [0.1, 0.15) is 17.6 Å². The zero-order chi connectivity index (χ0) is 24.4. The van der Waals surface area contributed by atoms with Crippen LogP contribution in [0.4, 0.5) is 0 Å². The molecule has 3 aliphatic rings. The molecule has 0 aromatic heterocycles. The molecule has 3 fully saturated rings. The molecule has 9 nitrogen and oxygen atoms in total. The molecular weight excluding hydrogens is 424 g/mol. The molecule has 0 aromatic carbocycles. The molecule has 0 spiro atoms. The number of rotatable bonds is 10. The van der Waals surface area contributed by atoms with Crippen LogP contribution < -0.4 is 16.0 Å². The van der Waals surface area contributed by atoms with E-state index >= 15 is 0 Å². The molecule has 33 heavy (non-hydrogen) atoms. The van der Waals surface area contributed by atoms with Crippen molar-refractivity contribution in [3.63, 3.8) is 0 Å². The molecule has 0 radical (unpaired) electrons. The number of carbonyl (C=O) groups excluding carboxylic acids is 5. The Labute approximate surface area is 195 Å². The fourth-order valence-corrected chi connectivity index (χ4v) is 5.13. The van der Waals surface area contributed by atoms with Gasteiger partial charge in [0, 0.05) is 12.6 Å². The fraction of sp³-hybridized carbons (Fsp3) is 0.792. The number of Topliss-reactive ketones (excluding diaryl/α,β-unsaturated/α-hetero) is 1. The third-order valence-corrected chi connectivity index (χ3v) is 7.07. The summed E-state index contributed by atoms with van der Waals surface area (Å²) in [6.07, 6.45) is 6.19. The van der Waals surface area contributed by atoms with Gasteiger partial charge in [-0.05, 0) is 49.9 Å². The number of hydrogen-bond donors (Lipinski definition) is 3. The maximum atomic E-state index is 13.3. The van der Waals surface area contributed by atoms with E-state index in [0.29, 0.717) is 38.6 Å². The summed E-state index contributed by atoms with van der Waals surface area (Å²) >= 11 is 0. The molecule has 3 N–H and O–H groups in total. The minimum Gasteiger partial charge on any atom is -0.347 e. The van der Waals surface area contributed by atoms with Crippen LogP contribution in [0.2, 0.25) is 0 Å². The summed E-state index contributed by atoms with van der Waals surface area (Å²) in [5.74, 6) is -1.63. The molecular formula is C24H38N4O5. The molecule has 9 heteroatoms. The SMILES string of the molecule is CCCC1CC(NC(=O)[C@@H]2CCCN2C(=O)[C@@H](NC=O)C(C)(C)C)(C(=O)C(=O)NC2CC2)C1. The molecule has 0 bridgehead atoms. The summed E-state index contributed by atoms with van der Waals surface area (Å²) in [7, 11) is 0. The van der Waals surface area contributed by atoms with Crippen LogP contribution in [0.1, 0.15) is 79.1 Å². The molecule has 2 aliphatic carbocycles. The standard InChI is InChI=1S/C24H38N4O5/c1-5-7-15-12-24(13-15,19(30)21(32)26-16-9-10-16)27-20(31)17-8-6-11-28(17)22(33)18(25-14-29)23(2,3)4/h14-18H,5-13H2,1-4H3,(H,25,29)(H,26,32)(H,27,31)/t15?,17-,18+,24?/m0/s1. The van der Waals surface area contributed by atoms with Crippen molar-refractivity contribution in [2.75, 3.05) is 6.54 Å². The van der Waals surface area contributed by atoms with Gasteiger partial charge in [-0.3, -0.25) is 24.0 Å². The van der Waals surface area contributed by atoms with Crippen molar-refractivity contribution in [3.8, 4) is 0 Å². The van der Waals surface area contributed by atoms with Gasteiger partial charge in [0.2, 0.25) is 24.0 Å². The summed E-state index contributed by atoms with van der Waals surface area (Å²) in [5.41, 5.74) is -1.72. The van der Waals surface area contributed by atoms with Crippen molar-refractivity contribution >= 4 is 29.9 Å². The summed E-state index contributed by atoms with van der Waals surface area (Å²) in [4.78, 5) is 64.8. The van der Waals surface area contributed by atoms with Crippen LogP contribution in [0.5, 0.6) is 0 Å². The summed E-state index contributed by atoms with van der Waals surface area (Å²) in [5, 5.41) is 8.24. The molecule has 1 saturated heterocycles. The molecule has 2 saturated carbocycles. The summed E-state index contributed by atoms with van der Waals surface area (Å²) in [6.45, 7) is 8.04. The van der Waals surface area contributed by atoms with Gasteiger partial charge in [-0.1, -0.05) is 40.5 Å². The van der Waals surface area contributed by atoms with Gasteiger partial charge in [-0.15, -0.1) is 0 Å². The topological polar surface area (TPSA) is 125 Å². The van der Waals surface area contributed by atoms with Crippen molar-refractivity contribution in [1.29, 1.82) is 0 Å². The predicted octanol–water partition coefficient (Wildman–Crippen LogP) is 1.05. The second kappa shape index (κ2) is 9.81. The Morgan fingerprint density at radius 1 is 1.12 bits per heavy atom. The molecule has 3 rings (SSSR count). The Morgan fingerprint density at radius 3 is 2.33 bits per heavy atom. The Morgan fingerprint density at radius 2 is 1.79 bits per heavy atom. The van der Waals surface area contributed by atoms with Crippen molar-refractivity contribution < 1.29 is 24.0 Å². The molecule has 1 aliphatic heterocycles. The average Bonchev–Trinajstić information content (AvgIpc) is 3.39. The van der Waals surface area contributed by atoms with Crippen LogP contribution in [0.3, 0.4) is 0 Å². The highest BCUT2D eigenvalue weighted by Crippen LogP contribution is 2.42. The lowest BCUT2D eigenvalue weighted by Gasteiger charge is -2.47. The average molecular weight is 463 g/mol. The fourth-order valence-electron chi connectivity index (χ4n) is 5.13. The van der Waals surface area contributed by atoms with E-state index in [4.69, 9.17) is 0 Å². The second-order valence-electron chi connectivity index (χ2n) is 11.0. The van der Waals surface area contributed by atoms with E-state index in [1.165, 1.54) is 4.90 Å². The summed E-state index contributed by atoms with van der Waals surface area (Å²) in [6, 6.07) is -1.43. The zero-order valence-electron chi connectivity index (χ0n) is 20.2. The Kier molecular flexibility index (Phi) is 7.49. The lowest BCUT2D eigenvalue weighted by atomic mass is 9.64. The number of nitrogens with zero attached hydrogens (tertiary/aromatic N) is 1. The molecule has 1 heterocycles. The van der Waals surface area contributed by atoms with Crippen LogP contribution in [-0.2, 0) is 24.0 Å². The van der Waals surface area contributed by atoms with Crippen LogP contribution >= 0.6 is 0 Å². The molecule has 0 aromatic rings. The lowest BCUT2D eigenvalue weighted by molar-refractivity contribution is -0.150. The number of likely N-dealkylation sites (tertiary alicyclic amines) is 1. The van der Waals surface area contributed by atoms with E-state index in [1.54, 1.807) is 0 Å². The maximum absolute atomic E-state index is 13.3. The first-order valence-electron chi connectivity index (χ1n) is 12.2. The van der Waals surface area contributed by atoms with Crippen molar-refractivity contribution in [3.05, 3.63) is 0 Å². The van der Waals surface area contributed by atoms with Crippen molar-refractivity contribution in [2.45, 2.75) is 103 Å². The van der Waals surface area contributed by atoms with Crippen LogP contribution in [0.15, 0.2) is 0 Å². The number of ketones is 1. The minimum atomic E-state index is -1.20. The van der Waals surface area contributed by atoms with Crippen LogP contribution in [0.25, 0.3) is 0 Å². The maximum Gasteiger partial charge on any atom is 0.290 e. The van der Waals surface area contributed by atoms with E-state index < -0.39 is 40.6 Å². The zero-order valence-corrected chi connectivity index (χ0v) is 20.2. The number of nitrogens with one attached hydrogen (secondary N) is 3. The summed E-state index contributed by atoms with van der Waals surface area (Å²) < 4.78 is 0. The Hall–Kier alpha value is -2.45. The first-order chi connectivity index (χ1) is 15.5. The van der Waals surface area contributed by atoms with Gasteiger partial charge >= 0.3 is 0 Å². The number of hydrogen-bond acceptors (Lipinski definition) is 5. The predicted molar refractivity (Wildman–Crippen MR) is 122 cm³/mol. The normalized spacial score (nSPS) is 27.8. The lowest BCUT2D eigenvalue weighted by Crippen LogP contribution is -2.68. The van der Waals surface area contributed by atoms with Gasteiger partial charge < -0.3 is 20.9 Å². The largest absolute Gasteiger partial charge is 0.347 e. The van der Waals surface area contributed by atoms with E-state index in [9.17, 15) is 24.0 Å². The first-order valence-corrected chi connectivity index (χ1v) is 12.2. The van der Waals surface area contributed by atoms with Gasteiger partial charge in [0.25, 0.3) is 5.91 Å². The third kappa shape index (κ3) is 5.55. The first kappa shape index (κ1) is 25.2. The van der Waals surface area contributed by atoms with E-state index in [2.05, 4.69) is 22.9 Å². The second-order valence-corrected chi connectivity index (χ2v) is 11.0. The third-order valence-electron chi connectivity index (χ3n) is 7.07. The number of amides is 4. The molecule has 0 unspecified atom stereocenters. The Balaban J connectivity index is 1.74. The molecule has 2 atom stereocenters. The van der Waals surface area contributed by atoms with Gasteiger partial charge in [-0.25, -0.2) is 0 Å². The molecule has 184 valence electrons. The smallest absolute Gasteiger partial charge is 0.290 e. The highest BCUT2D eigenvalue weighted by molar-refractivity contribution is 6.40. The monoisotopic (exact) mass is 462 g/mol. The van der Waals surface area contributed by atoms with E-state index in [1.807, 2.05) is 20.8 Å². The van der Waals surface area contributed by atoms with Gasteiger partial charge in [-0.2, -0.15) is 0 Å².